The summed E-state index contributed by atoms with van der Waals surface area (Å²) >= 11 is 0. The Bertz CT molecular complexity index is 64.8. The van der Waals surface area contributed by atoms with Crippen molar-refractivity contribution in [3.63, 3.8) is 0 Å². The molecule has 0 aliphatic rings. The molecule has 0 saturated heterocycles. The molecular formula is C6H12O4. The molecule has 0 amide bonds. The van der Waals surface area contributed by atoms with E-state index in [1.165, 1.54) is 0 Å². The van der Waals surface area contributed by atoms with Gasteiger partial charge in [0.15, 0.2) is 0 Å². The van der Waals surface area contributed by atoms with Gasteiger partial charge in [0.1, 0.15) is 6.61 Å². The topological polar surface area (TPSA) is 69.6 Å². The first kappa shape index (κ1) is 9.84. The van der Waals surface area contributed by atoms with Crippen LogP contribution in [0.2, 0.25) is 0 Å². The van der Waals surface area contributed by atoms with E-state index < -0.39 is 6.29 Å². The van der Waals surface area contributed by atoms with Crippen LogP contribution in [0.1, 0.15) is 12.8 Å². The lowest BCUT2D eigenvalue weighted by atomic mass is 10.3. The van der Waals surface area contributed by atoms with Crippen molar-refractivity contribution in [2.45, 2.75) is 12.8 Å². The van der Waals surface area contributed by atoms with Crippen molar-refractivity contribution < 1.29 is 20.1 Å². The fourth-order valence-electron chi connectivity index (χ4n) is 0.493. The Morgan fingerprint density at radius 2 is 2.00 bits per heavy atom. The normalized spacial score (nSPS) is 10.8. The Balaban J connectivity index is 2.77. The Hall–Kier alpha value is -0.160. The van der Waals surface area contributed by atoms with E-state index in [1.54, 1.807) is 0 Å². The van der Waals surface area contributed by atoms with Crippen molar-refractivity contribution >= 4 is 0 Å². The van der Waals surface area contributed by atoms with E-state index in [-0.39, 0.29) is 19.6 Å². The van der Waals surface area contributed by atoms with Gasteiger partial charge in [-0.25, -0.2) is 5.11 Å². The van der Waals surface area contributed by atoms with Crippen LogP contribution in [-0.4, -0.2) is 30.0 Å². The number of hydrogen-bond acceptors (Lipinski definition) is 3. The molecule has 4 nitrogen and oxygen atoms in total. The molecular weight excluding hydrogens is 136 g/mol. The summed E-state index contributed by atoms with van der Waals surface area (Å²) in [5, 5.41) is 26.3. The molecule has 0 aromatic rings. The van der Waals surface area contributed by atoms with Crippen molar-refractivity contribution in [3.8, 4) is 0 Å². The van der Waals surface area contributed by atoms with Gasteiger partial charge in [-0.15, -0.1) is 0 Å². The van der Waals surface area contributed by atoms with Crippen LogP contribution in [0.25, 0.3) is 0 Å². The standard InChI is InChI=1S/C6H12O4/c7-3-5-10-4-1-2-6(8)9/h8-9H,1-5H2. The largest absolute Gasteiger partial charge is 0.379 e. The number of aliphatic hydroxyl groups is 2. The van der Waals surface area contributed by atoms with Gasteiger partial charge in [-0.3, -0.25) is 0 Å². The lowest BCUT2D eigenvalue weighted by Gasteiger charge is -2.01. The maximum absolute atomic E-state index is 9.80. The molecule has 0 unspecified atom stereocenters. The molecule has 2 radical (unpaired) electrons. The van der Waals surface area contributed by atoms with Crippen molar-refractivity contribution in [2.24, 2.45) is 0 Å². The number of hydrogen-bond donors (Lipinski definition) is 2. The second-order valence-electron chi connectivity index (χ2n) is 1.84. The maximum atomic E-state index is 9.80. The van der Waals surface area contributed by atoms with Gasteiger partial charge in [-0.05, 0) is 6.42 Å². The van der Waals surface area contributed by atoms with Crippen LogP contribution in [0, 0.1) is 6.29 Å². The van der Waals surface area contributed by atoms with Crippen LogP contribution in [0.3, 0.4) is 0 Å². The molecule has 60 valence electrons. The fraction of sp³-hybridized carbons (Fsp3) is 0.833. The molecule has 10 heavy (non-hydrogen) atoms. The van der Waals surface area contributed by atoms with E-state index in [0.717, 1.165) is 0 Å². The predicted octanol–water partition coefficient (Wildman–Crippen LogP) is 0.448. The summed E-state index contributed by atoms with van der Waals surface area (Å²) in [4.78, 5) is 0. The Morgan fingerprint density at radius 3 is 2.50 bits per heavy atom. The first-order chi connectivity index (χ1) is 4.77. The smallest absolute Gasteiger partial charge is 0.218 e. The first-order valence-corrected chi connectivity index (χ1v) is 3.17. The van der Waals surface area contributed by atoms with Crippen LogP contribution in [0.15, 0.2) is 0 Å². The third-order valence-corrected chi connectivity index (χ3v) is 0.917. The molecule has 0 bridgehead atoms. The molecule has 0 aliphatic heterocycles. The SMILES string of the molecule is [O]CCOCCC[C](O)O. The third kappa shape index (κ3) is 7.84. The predicted molar refractivity (Wildman–Crippen MR) is 32.7 cm³/mol. The minimum Gasteiger partial charge on any atom is -0.379 e. The van der Waals surface area contributed by atoms with Gasteiger partial charge in [0.25, 0.3) is 0 Å². The highest BCUT2D eigenvalue weighted by molar-refractivity contribution is 4.55. The summed E-state index contributed by atoms with van der Waals surface area (Å²) in [6.45, 7) is 0.369. The number of ether oxygens (including phenoxy) is 1. The highest BCUT2D eigenvalue weighted by Crippen LogP contribution is 1.99. The molecule has 0 saturated carbocycles. The van der Waals surface area contributed by atoms with E-state index in [0.29, 0.717) is 13.0 Å². The van der Waals surface area contributed by atoms with E-state index in [4.69, 9.17) is 14.9 Å². The monoisotopic (exact) mass is 148 g/mol. The average molecular weight is 148 g/mol. The van der Waals surface area contributed by atoms with Gasteiger partial charge in [-0.1, -0.05) is 0 Å². The highest BCUT2D eigenvalue weighted by atomic mass is 16.5. The van der Waals surface area contributed by atoms with Gasteiger partial charge in [0, 0.05) is 13.0 Å². The van der Waals surface area contributed by atoms with E-state index in [1.807, 2.05) is 0 Å². The number of aliphatic hydroxyl groups excluding tert-OH is 1. The summed E-state index contributed by atoms with van der Waals surface area (Å²) < 4.78 is 4.79. The zero-order chi connectivity index (χ0) is 7.82. The first-order valence-electron chi connectivity index (χ1n) is 3.17. The van der Waals surface area contributed by atoms with Crippen LogP contribution in [-0.2, 0) is 9.84 Å². The molecule has 0 spiro atoms. The average Bonchev–Trinajstić information content (AvgIpc) is 1.87. The lowest BCUT2D eigenvalue weighted by Crippen LogP contribution is -2.02. The molecule has 0 fully saturated rings. The van der Waals surface area contributed by atoms with Crippen LogP contribution >= 0.6 is 0 Å². The molecule has 0 aliphatic carbocycles. The number of rotatable bonds is 6. The summed E-state index contributed by atoms with van der Waals surface area (Å²) in [7, 11) is 0. The van der Waals surface area contributed by atoms with Crippen molar-refractivity contribution in [1.82, 2.24) is 0 Å². The highest BCUT2D eigenvalue weighted by Gasteiger charge is 1.97. The van der Waals surface area contributed by atoms with Crippen molar-refractivity contribution in [1.29, 1.82) is 0 Å². The van der Waals surface area contributed by atoms with E-state index in [9.17, 15) is 5.11 Å². The van der Waals surface area contributed by atoms with E-state index in [2.05, 4.69) is 0 Å². The zero-order valence-corrected chi connectivity index (χ0v) is 5.75. The van der Waals surface area contributed by atoms with Gasteiger partial charge in [-0.2, -0.15) is 0 Å². The minimum atomic E-state index is -0.578. The third-order valence-electron chi connectivity index (χ3n) is 0.917. The maximum Gasteiger partial charge on any atom is 0.218 e. The molecule has 0 heterocycles. The molecule has 0 rings (SSSR count). The molecule has 0 aromatic carbocycles. The molecule has 0 atom stereocenters. The second kappa shape index (κ2) is 6.95. The van der Waals surface area contributed by atoms with Gasteiger partial charge in [0.2, 0.25) is 6.29 Å². The van der Waals surface area contributed by atoms with E-state index >= 15 is 0 Å². The lowest BCUT2D eigenvalue weighted by molar-refractivity contribution is 0.0418. The summed E-state index contributed by atoms with van der Waals surface area (Å²) in [6, 6.07) is 0. The van der Waals surface area contributed by atoms with Gasteiger partial charge < -0.3 is 14.9 Å². The van der Waals surface area contributed by atoms with Crippen LogP contribution in [0.5, 0.6) is 0 Å². The summed E-state index contributed by atoms with van der Waals surface area (Å²) in [6.07, 6.45) is 0.187. The minimum absolute atomic E-state index is 0.201. The Morgan fingerprint density at radius 1 is 1.30 bits per heavy atom. The van der Waals surface area contributed by atoms with Crippen molar-refractivity contribution in [2.75, 3.05) is 19.8 Å². The Kier molecular flexibility index (Phi) is 6.84. The van der Waals surface area contributed by atoms with Gasteiger partial charge >= 0.3 is 0 Å². The molecule has 4 heteroatoms. The summed E-state index contributed by atoms with van der Waals surface area (Å²) in [5.41, 5.74) is 0. The second-order valence-corrected chi connectivity index (χ2v) is 1.84. The van der Waals surface area contributed by atoms with Gasteiger partial charge in [0.05, 0.1) is 6.61 Å². The van der Waals surface area contributed by atoms with Crippen molar-refractivity contribution in [3.05, 3.63) is 6.29 Å². The summed E-state index contributed by atoms with van der Waals surface area (Å²) in [5.74, 6) is 0. The molecule has 0 aromatic heterocycles. The van der Waals surface area contributed by atoms with Crippen LogP contribution in [0.4, 0.5) is 0 Å². The van der Waals surface area contributed by atoms with Crippen LogP contribution < -0.4 is 0 Å². The fourth-order valence-corrected chi connectivity index (χ4v) is 0.493. The molecule has 2 N–H and O–H groups in total. The Labute approximate surface area is 60.1 Å². The quantitative estimate of drug-likeness (QED) is 0.537. The zero-order valence-electron chi connectivity index (χ0n) is 5.75.